The van der Waals surface area contributed by atoms with Crippen LogP contribution in [-0.2, 0) is 11.3 Å². The Bertz CT molecular complexity index is 987. The summed E-state index contributed by atoms with van der Waals surface area (Å²) >= 11 is 1.38. The standard InChI is InChI=1S/C23H26FN5OS/c24-17-11-13-18(14-12-17)25-15-21-27-28-23(29(21)20-9-5-2-6-10-20)31-16-22(30)26-19-7-3-1-4-8-19/h2,5-6,9-14,19,25H,1,3-4,7-8,15-16H2,(H,26,30). The van der Waals surface area contributed by atoms with Crippen molar-refractivity contribution in [2.75, 3.05) is 11.1 Å². The van der Waals surface area contributed by atoms with E-state index in [9.17, 15) is 9.18 Å². The zero-order chi connectivity index (χ0) is 21.5. The van der Waals surface area contributed by atoms with Crippen molar-refractivity contribution >= 4 is 23.4 Å². The van der Waals surface area contributed by atoms with Gasteiger partial charge in [0.05, 0.1) is 12.3 Å². The molecule has 0 unspecified atom stereocenters. The maximum absolute atomic E-state index is 13.1. The number of nitrogens with one attached hydrogen (secondary N) is 2. The molecule has 6 nitrogen and oxygen atoms in total. The number of carbonyl (C=O) groups excluding carboxylic acids is 1. The van der Waals surface area contributed by atoms with Gasteiger partial charge in [0, 0.05) is 17.4 Å². The third-order valence-electron chi connectivity index (χ3n) is 5.31. The first-order valence-corrected chi connectivity index (χ1v) is 11.6. The number of halogens is 1. The summed E-state index contributed by atoms with van der Waals surface area (Å²) in [6.45, 7) is 0.419. The molecule has 2 N–H and O–H groups in total. The largest absolute Gasteiger partial charge is 0.378 e. The maximum Gasteiger partial charge on any atom is 0.230 e. The molecule has 1 fully saturated rings. The van der Waals surface area contributed by atoms with E-state index in [1.807, 2.05) is 34.9 Å². The molecule has 3 aromatic rings. The predicted octanol–water partition coefficient (Wildman–Crippen LogP) is 4.56. The van der Waals surface area contributed by atoms with E-state index < -0.39 is 0 Å². The Labute approximate surface area is 185 Å². The van der Waals surface area contributed by atoms with Gasteiger partial charge in [-0.3, -0.25) is 9.36 Å². The van der Waals surface area contributed by atoms with Gasteiger partial charge >= 0.3 is 0 Å². The van der Waals surface area contributed by atoms with Crippen LogP contribution in [0.2, 0.25) is 0 Å². The predicted molar refractivity (Wildman–Crippen MR) is 121 cm³/mol. The quantitative estimate of drug-likeness (QED) is 0.504. The van der Waals surface area contributed by atoms with Crippen molar-refractivity contribution in [2.24, 2.45) is 0 Å². The lowest BCUT2D eigenvalue weighted by atomic mass is 9.95. The van der Waals surface area contributed by atoms with E-state index in [1.165, 1.54) is 43.2 Å². The van der Waals surface area contributed by atoms with Crippen molar-refractivity contribution in [3.63, 3.8) is 0 Å². The number of benzene rings is 2. The van der Waals surface area contributed by atoms with E-state index in [0.717, 1.165) is 24.2 Å². The van der Waals surface area contributed by atoms with Gasteiger partial charge in [-0.1, -0.05) is 49.2 Å². The van der Waals surface area contributed by atoms with Crippen molar-refractivity contribution in [2.45, 2.75) is 49.8 Å². The van der Waals surface area contributed by atoms with Crippen LogP contribution in [0.5, 0.6) is 0 Å². The zero-order valence-electron chi connectivity index (χ0n) is 17.3. The normalized spacial score (nSPS) is 14.4. The molecule has 1 aliphatic rings. The van der Waals surface area contributed by atoms with Gasteiger partial charge in [-0.05, 0) is 49.2 Å². The monoisotopic (exact) mass is 439 g/mol. The number of nitrogens with zero attached hydrogens (tertiary/aromatic N) is 3. The highest BCUT2D eigenvalue weighted by Crippen LogP contribution is 2.23. The molecule has 1 aromatic heterocycles. The molecule has 0 saturated heterocycles. The first-order valence-electron chi connectivity index (χ1n) is 10.6. The van der Waals surface area contributed by atoms with Crippen molar-refractivity contribution < 1.29 is 9.18 Å². The van der Waals surface area contributed by atoms with E-state index >= 15 is 0 Å². The minimum absolute atomic E-state index is 0.0329. The van der Waals surface area contributed by atoms with Crippen molar-refractivity contribution in [3.05, 3.63) is 66.2 Å². The van der Waals surface area contributed by atoms with Crippen LogP contribution < -0.4 is 10.6 Å². The Hall–Kier alpha value is -2.87. The number of anilines is 1. The van der Waals surface area contributed by atoms with Crippen LogP contribution in [0.1, 0.15) is 37.9 Å². The average Bonchev–Trinajstić information content (AvgIpc) is 3.21. The fraction of sp³-hybridized carbons (Fsp3) is 0.348. The molecule has 0 bridgehead atoms. The topological polar surface area (TPSA) is 71.8 Å². The second-order valence-electron chi connectivity index (χ2n) is 7.62. The molecule has 1 aliphatic carbocycles. The van der Waals surface area contributed by atoms with Crippen LogP contribution >= 0.6 is 11.8 Å². The smallest absolute Gasteiger partial charge is 0.230 e. The molecular weight excluding hydrogens is 413 g/mol. The van der Waals surface area contributed by atoms with Gasteiger partial charge in [-0.2, -0.15) is 0 Å². The fourth-order valence-corrected chi connectivity index (χ4v) is 4.52. The maximum atomic E-state index is 13.1. The summed E-state index contributed by atoms with van der Waals surface area (Å²) in [6.07, 6.45) is 5.76. The van der Waals surface area contributed by atoms with Gasteiger partial charge < -0.3 is 10.6 Å². The van der Waals surface area contributed by atoms with E-state index in [2.05, 4.69) is 20.8 Å². The van der Waals surface area contributed by atoms with Crippen LogP contribution in [0, 0.1) is 5.82 Å². The molecule has 0 aliphatic heterocycles. The lowest BCUT2D eigenvalue weighted by molar-refractivity contribution is -0.119. The number of amides is 1. The van der Waals surface area contributed by atoms with Gasteiger partial charge in [0.1, 0.15) is 5.82 Å². The van der Waals surface area contributed by atoms with Crippen LogP contribution in [0.4, 0.5) is 10.1 Å². The Morgan fingerprint density at radius 2 is 1.77 bits per heavy atom. The van der Waals surface area contributed by atoms with Gasteiger partial charge in [0.15, 0.2) is 11.0 Å². The summed E-state index contributed by atoms with van der Waals surface area (Å²) in [5.41, 5.74) is 1.73. The summed E-state index contributed by atoms with van der Waals surface area (Å²) in [6, 6.07) is 16.3. The van der Waals surface area contributed by atoms with Crippen LogP contribution in [-0.4, -0.2) is 32.5 Å². The summed E-state index contributed by atoms with van der Waals surface area (Å²) in [7, 11) is 0. The second kappa shape index (κ2) is 10.4. The number of rotatable bonds is 8. The average molecular weight is 440 g/mol. The summed E-state index contributed by atoms with van der Waals surface area (Å²) in [5, 5.41) is 15.7. The molecule has 31 heavy (non-hydrogen) atoms. The van der Waals surface area contributed by atoms with Gasteiger partial charge in [0.2, 0.25) is 5.91 Å². The number of hydrogen-bond acceptors (Lipinski definition) is 5. The van der Waals surface area contributed by atoms with Crippen molar-refractivity contribution in [1.82, 2.24) is 20.1 Å². The molecule has 2 aromatic carbocycles. The van der Waals surface area contributed by atoms with Crippen LogP contribution in [0.15, 0.2) is 59.8 Å². The Kier molecular flexibility index (Phi) is 7.19. The highest BCUT2D eigenvalue weighted by molar-refractivity contribution is 7.99. The Morgan fingerprint density at radius 3 is 2.52 bits per heavy atom. The third kappa shape index (κ3) is 5.85. The lowest BCUT2D eigenvalue weighted by Crippen LogP contribution is -2.37. The van der Waals surface area contributed by atoms with E-state index in [1.54, 1.807) is 12.1 Å². The number of hydrogen-bond donors (Lipinski definition) is 2. The van der Waals surface area contributed by atoms with Crippen LogP contribution in [0.3, 0.4) is 0 Å². The SMILES string of the molecule is O=C(CSc1nnc(CNc2ccc(F)cc2)n1-c1ccccc1)NC1CCCCC1. The van der Waals surface area contributed by atoms with Crippen LogP contribution in [0.25, 0.3) is 5.69 Å². The van der Waals surface area contributed by atoms with E-state index in [-0.39, 0.29) is 11.7 Å². The van der Waals surface area contributed by atoms with E-state index in [4.69, 9.17) is 0 Å². The van der Waals surface area contributed by atoms with Gasteiger partial charge in [-0.25, -0.2) is 4.39 Å². The number of thioether (sulfide) groups is 1. The number of para-hydroxylation sites is 1. The fourth-order valence-electron chi connectivity index (χ4n) is 3.74. The Morgan fingerprint density at radius 1 is 1.03 bits per heavy atom. The summed E-state index contributed by atoms with van der Waals surface area (Å²) in [5.74, 6) is 0.770. The van der Waals surface area contributed by atoms with Gasteiger partial charge in [-0.15, -0.1) is 10.2 Å². The molecule has 8 heteroatoms. The zero-order valence-corrected chi connectivity index (χ0v) is 18.1. The second-order valence-corrected chi connectivity index (χ2v) is 8.56. The highest BCUT2D eigenvalue weighted by Gasteiger charge is 2.18. The molecule has 162 valence electrons. The molecule has 0 spiro atoms. The molecule has 1 amide bonds. The van der Waals surface area contributed by atoms with E-state index in [0.29, 0.717) is 29.3 Å². The first kappa shape index (κ1) is 21.4. The molecule has 1 saturated carbocycles. The Balaban J connectivity index is 1.45. The molecular formula is C23H26FN5OS. The lowest BCUT2D eigenvalue weighted by Gasteiger charge is -2.22. The summed E-state index contributed by atoms with van der Waals surface area (Å²) in [4.78, 5) is 12.4. The highest BCUT2D eigenvalue weighted by atomic mass is 32.2. The summed E-state index contributed by atoms with van der Waals surface area (Å²) < 4.78 is 15.1. The van der Waals surface area contributed by atoms with Gasteiger partial charge in [0.25, 0.3) is 0 Å². The molecule has 0 atom stereocenters. The third-order valence-corrected chi connectivity index (χ3v) is 6.24. The first-order chi connectivity index (χ1) is 15.2. The van der Waals surface area contributed by atoms with Crippen molar-refractivity contribution in [1.29, 1.82) is 0 Å². The number of carbonyl (C=O) groups is 1. The minimum Gasteiger partial charge on any atom is -0.378 e. The number of aromatic nitrogens is 3. The molecule has 4 rings (SSSR count). The molecule has 0 radical (unpaired) electrons. The molecule has 1 heterocycles. The minimum atomic E-state index is -0.275. The van der Waals surface area contributed by atoms with Crippen molar-refractivity contribution in [3.8, 4) is 5.69 Å².